The van der Waals surface area contributed by atoms with Crippen LogP contribution in [-0.4, -0.2) is 77.8 Å². The van der Waals surface area contributed by atoms with Crippen LogP contribution in [0, 0.1) is 0 Å². The average Bonchev–Trinajstić information content (AvgIpc) is 3.77. The van der Waals surface area contributed by atoms with Gasteiger partial charge in [0.25, 0.3) is 0 Å². The minimum atomic E-state index is -1.97. The number of methoxy groups -OCH3 is 1. The van der Waals surface area contributed by atoms with Crippen molar-refractivity contribution in [1.29, 1.82) is 0 Å². The maximum atomic E-state index is 15.4. The van der Waals surface area contributed by atoms with Crippen molar-refractivity contribution in [2.24, 2.45) is 0 Å². The second-order valence-corrected chi connectivity index (χ2v) is 11.0. The van der Waals surface area contributed by atoms with E-state index in [2.05, 4.69) is 24.9 Å². The number of hydrogen-bond acceptors (Lipinski definition) is 12. The zero-order chi connectivity index (χ0) is 31.0. The van der Waals surface area contributed by atoms with Gasteiger partial charge in [0.05, 0.1) is 31.2 Å². The number of thiazole rings is 1. The van der Waals surface area contributed by atoms with E-state index < -0.39 is 42.8 Å². The minimum Gasteiger partial charge on any atom is -0.481 e. The third kappa shape index (κ3) is 5.33. The maximum absolute atomic E-state index is 15.4. The molecule has 0 bridgehead atoms. The molecular weight excluding hydrogens is 617 g/mol. The fourth-order valence-corrected chi connectivity index (χ4v) is 5.91. The molecule has 0 spiro atoms. The summed E-state index contributed by atoms with van der Waals surface area (Å²) in [5.74, 6) is -0.868. The Labute approximate surface area is 258 Å². The number of pyridine rings is 1. The van der Waals surface area contributed by atoms with Gasteiger partial charge in [0.1, 0.15) is 17.7 Å². The normalized spacial score (nSPS) is 21.4. The first-order chi connectivity index (χ1) is 21.2. The molecule has 0 aliphatic carbocycles. The van der Waals surface area contributed by atoms with Crippen molar-refractivity contribution in [1.82, 2.24) is 29.5 Å². The quantitative estimate of drug-likeness (QED) is 0.189. The number of hydrogen-bond donors (Lipinski definition) is 3. The molecule has 5 aromatic rings. The lowest BCUT2D eigenvalue weighted by molar-refractivity contribution is -0.177. The number of aliphatic hydroxyl groups is 1. The van der Waals surface area contributed by atoms with Gasteiger partial charge in [0.2, 0.25) is 16.8 Å². The number of imidazole rings is 1. The predicted molar refractivity (Wildman–Crippen MR) is 157 cm³/mol. The number of alkyl halides is 1. The van der Waals surface area contributed by atoms with Gasteiger partial charge in [0.15, 0.2) is 23.9 Å². The van der Waals surface area contributed by atoms with Gasteiger partial charge in [-0.2, -0.15) is 9.97 Å². The van der Waals surface area contributed by atoms with Crippen LogP contribution < -0.4 is 10.5 Å². The summed E-state index contributed by atoms with van der Waals surface area (Å²) in [6.45, 7) is -0.475. The van der Waals surface area contributed by atoms with Gasteiger partial charge in [-0.1, -0.05) is 24.3 Å². The maximum Gasteiger partial charge on any atom is 0.342 e. The molecule has 0 amide bonds. The van der Waals surface area contributed by atoms with Crippen molar-refractivity contribution >= 4 is 45.9 Å². The van der Waals surface area contributed by atoms with Crippen LogP contribution in [0.5, 0.6) is 5.88 Å². The highest BCUT2D eigenvalue weighted by Crippen LogP contribution is 2.38. The molecule has 6 rings (SSSR count). The second kappa shape index (κ2) is 12.0. The SMILES string of the molecule is COc1ncccc1-c1ccc(CC(OC[C@H]2O[C@@H](n3cnc4c(N)nc(Cl)nc43)[C@@H](F)[C@@H]2O)(C(=O)O)c2cscn2)cc1. The van der Waals surface area contributed by atoms with Crippen LogP contribution >= 0.6 is 22.9 Å². The Kier molecular flexibility index (Phi) is 8.13. The summed E-state index contributed by atoms with van der Waals surface area (Å²) < 4.78 is 33.9. The van der Waals surface area contributed by atoms with Crippen LogP contribution in [0.1, 0.15) is 17.5 Å². The first-order valence-electron chi connectivity index (χ1n) is 13.2. The molecule has 1 saturated heterocycles. The van der Waals surface area contributed by atoms with Gasteiger partial charge >= 0.3 is 5.97 Å². The first-order valence-corrected chi connectivity index (χ1v) is 14.5. The lowest BCUT2D eigenvalue weighted by Crippen LogP contribution is -2.44. The van der Waals surface area contributed by atoms with E-state index in [0.29, 0.717) is 11.4 Å². The number of nitrogens with two attached hydrogens (primary N) is 1. The van der Waals surface area contributed by atoms with E-state index in [1.54, 1.807) is 29.8 Å². The monoisotopic (exact) mass is 641 g/mol. The zero-order valence-electron chi connectivity index (χ0n) is 22.9. The highest BCUT2D eigenvalue weighted by Gasteiger charge is 2.49. The van der Waals surface area contributed by atoms with Crippen LogP contribution in [0.4, 0.5) is 10.2 Å². The van der Waals surface area contributed by atoms with E-state index in [1.165, 1.54) is 34.9 Å². The topological polar surface area (TPSA) is 181 Å². The summed E-state index contributed by atoms with van der Waals surface area (Å²) in [7, 11) is 1.53. The molecule has 228 valence electrons. The van der Waals surface area contributed by atoms with E-state index in [-0.39, 0.29) is 34.4 Å². The van der Waals surface area contributed by atoms with Crippen molar-refractivity contribution in [3.05, 3.63) is 76.4 Å². The number of carboxylic acids is 1. The van der Waals surface area contributed by atoms with Gasteiger partial charge in [-0.25, -0.2) is 24.1 Å². The van der Waals surface area contributed by atoms with Gasteiger partial charge in [-0.15, -0.1) is 11.3 Å². The lowest BCUT2D eigenvalue weighted by Gasteiger charge is -2.30. The summed E-state index contributed by atoms with van der Waals surface area (Å²) in [4.78, 5) is 33.4. The number of fused-ring (bicyclic) bond motifs is 1. The van der Waals surface area contributed by atoms with E-state index in [4.69, 9.17) is 31.5 Å². The Morgan fingerprint density at radius 3 is 2.73 bits per heavy atom. The largest absolute Gasteiger partial charge is 0.481 e. The van der Waals surface area contributed by atoms with Gasteiger partial charge < -0.3 is 30.2 Å². The number of halogens is 2. The summed E-state index contributed by atoms with van der Waals surface area (Å²) >= 11 is 7.14. The van der Waals surface area contributed by atoms with E-state index in [0.717, 1.165) is 11.1 Å². The Morgan fingerprint density at radius 1 is 1.23 bits per heavy atom. The molecule has 0 saturated carbocycles. The molecule has 44 heavy (non-hydrogen) atoms. The number of nitrogen functional groups attached to an aromatic ring is 1. The molecule has 5 atom stereocenters. The molecule has 5 heterocycles. The van der Waals surface area contributed by atoms with Crippen molar-refractivity contribution in [3.63, 3.8) is 0 Å². The van der Waals surface area contributed by atoms with Crippen molar-refractivity contribution in [2.45, 2.75) is 36.6 Å². The fourth-order valence-electron chi connectivity index (χ4n) is 5.12. The number of benzene rings is 1. The Bertz CT molecular complexity index is 1790. The predicted octanol–water partition coefficient (Wildman–Crippen LogP) is 3.42. The van der Waals surface area contributed by atoms with Crippen LogP contribution in [0.25, 0.3) is 22.3 Å². The number of carbonyl (C=O) groups is 1. The lowest BCUT2D eigenvalue weighted by atomic mass is 9.90. The third-order valence-electron chi connectivity index (χ3n) is 7.36. The molecule has 1 aliphatic rings. The van der Waals surface area contributed by atoms with Gasteiger partial charge in [-0.3, -0.25) is 4.57 Å². The number of ether oxygens (including phenoxy) is 3. The van der Waals surface area contributed by atoms with E-state index in [1.807, 2.05) is 18.2 Å². The molecule has 16 heteroatoms. The first kappa shape index (κ1) is 29.8. The van der Waals surface area contributed by atoms with Gasteiger partial charge in [0, 0.05) is 23.6 Å². The summed E-state index contributed by atoms with van der Waals surface area (Å²) in [5.41, 5.74) is 8.03. The number of aliphatic carboxylic acids is 1. The molecule has 1 fully saturated rings. The summed E-state index contributed by atoms with van der Waals surface area (Å²) in [5, 5.41) is 22.7. The molecule has 4 N–H and O–H groups in total. The highest BCUT2D eigenvalue weighted by molar-refractivity contribution is 7.07. The number of anilines is 1. The van der Waals surface area contributed by atoms with Crippen LogP contribution in [0.15, 0.2) is 59.8 Å². The van der Waals surface area contributed by atoms with Crippen molar-refractivity contribution < 1.29 is 33.6 Å². The number of rotatable bonds is 10. The molecule has 1 aliphatic heterocycles. The molecule has 13 nitrogen and oxygen atoms in total. The number of carboxylic acid groups (broad SMARTS) is 1. The third-order valence-corrected chi connectivity index (χ3v) is 8.11. The van der Waals surface area contributed by atoms with Crippen molar-refractivity contribution in [2.75, 3.05) is 19.5 Å². The van der Waals surface area contributed by atoms with Crippen LogP contribution in [0.2, 0.25) is 5.28 Å². The average molecular weight is 642 g/mol. The standard InChI is InChI=1S/C28H25ClFN7O6S/c1-41-24-16(3-2-8-32-24)15-6-4-14(5-7-15)9-28(26(39)40,18-11-44-13-34-18)42-10-17-21(38)19(30)25(43-17)37-12-33-20-22(31)35-27(29)36-23(20)37/h2-8,11-13,17,19,21,25,38H,9-10H2,1H3,(H,39,40)(H2,31,35,36)/t17-,19+,21-,25-,28?/m1/s1. The molecule has 4 aromatic heterocycles. The summed E-state index contributed by atoms with van der Waals surface area (Å²) in [6.07, 6.45) is -3.47. The van der Waals surface area contributed by atoms with Crippen molar-refractivity contribution in [3.8, 4) is 17.0 Å². The number of nitrogens with zero attached hydrogens (tertiary/aromatic N) is 6. The molecule has 1 unspecified atom stereocenters. The van der Waals surface area contributed by atoms with E-state index in [9.17, 15) is 15.0 Å². The summed E-state index contributed by atoms with van der Waals surface area (Å²) in [6, 6.07) is 10.8. The minimum absolute atomic E-state index is 0.00491. The molecule has 0 radical (unpaired) electrons. The highest BCUT2D eigenvalue weighted by atomic mass is 35.5. The smallest absolute Gasteiger partial charge is 0.342 e. The second-order valence-electron chi connectivity index (χ2n) is 9.95. The Hall–Kier alpha value is -4.28. The molecular formula is C28H25ClFN7O6S. The Morgan fingerprint density at radius 2 is 2.02 bits per heavy atom. The molecule has 1 aromatic carbocycles. The van der Waals surface area contributed by atoms with Crippen LogP contribution in [-0.2, 0) is 26.3 Å². The Balaban J connectivity index is 1.26. The number of aliphatic hydroxyl groups excluding tert-OH is 1. The number of aromatic nitrogens is 6. The fraction of sp³-hybridized carbons (Fsp3) is 0.286. The zero-order valence-corrected chi connectivity index (χ0v) is 24.5. The van der Waals surface area contributed by atoms with Crippen LogP contribution in [0.3, 0.4) is 0 Å². The van der Waals surface area contributed by atoms with E-state index >= 15 is 4.39 Å². The van der Waals surface area contributed by atoms with Gasteiger partial charge in [-0.05, 0) is 34.9 Å².